The van der Waals surface area contributed by atoms with Gasteiger partial charge in [0.15, 0.2) is 8.32 Å². The highest BCUT2D eigenvalue weighted by atomic mass is 127. The van der Waals surface area contributed by atoms with Crippen LogP contribution in [0.2, 0.25) is 18.1 Å². The van der Waals surface area contributed by atoms with Gasteiger partial charge in [-0.25, -0.2) is 0 Å². The maximum Gasteiger partial charge on any atom is 0.191 e. The van der Waals surface area contributed by atoms with Gasteiger partial charge in [-0.3, -0.25) is 0 Å². The minimum absolute atomic E-state index is 0.298. The van der Waals surface area contributed by atoms with Crippen LogP contribution in [0.3, 0.4) is 0 Å². The summed E-state index contributed by atoms with van der Waals surface area (Å²) >= 11 is 4.76. The zero-order valence-electron chi connectivity index (χ0n) is 11.6. The third-order valence-electron chi connectivity index (χ3n) is 3.33. The molecule has 0 heterocycles. The summed E-state index contributed by atoms with van der Waals surface area (Å²) in [5.41, 5.74) is 1.44. The van der Waals surface area contributed by atoms with Crippen molar-refractivity contribution >= 4 is 53.5 Å². The van der Waals surface area contributed by atoms with Crippen LogP contribution in [0.25, 0.3) is 0 Å². The summed E-state index contributed by atoms with van der Waals surface area (Å²) in [7, 11) is -1.58. The molecule has 0 amide bonds. The van der Waals surface area contributed by atoms with Gasteiger partial charge in [0.1, 0.15) is 0 Å². The molecule has 4 heteroatoms. The monoisotopic (exact) mass is 478 g/mol. The Labute approximate surface area is 135 Å². The Kier molecular flexibility index (Phi) is 8.15. The third-order valence-corrected chi connectivity index (χ3v) is 9.39. The molecule has 0 fully saturated rings. The minimum atomic E-state index is -1.58. The minimum Gasteiger partial charge on any atom is -0.417 e. The van der Waals surface area contributed by atoms with E-state index in [1.54, 1.807) is 0 Å². The third kappa shape index (κ3) is 6.73. The fraction of sp³-hybridized carbons (Fsp3) is 0.692. The lowest BCUT2D eigenvalue weighted by Crippen LogP contribution is -2.41. The summed E-state index contributed by atoms with van der Waals surface area (Å²) in [5, 5.41) is 0.298. The Morgan fingerprint density at radius 3 is 2.18 bits per heavy atom. The molecule has 0 aromatic carbocycles. The smallest absolute Gasteiger partial charge is 0.191 e. The van der Waals surface area contributed by atoms with Crippen molar-refractivity contribution in [2.45, 2.75) is 51.7 Å². The Morgan fingerprint density at radius 2 is 1.82 bits per heavy atom. The first kappa shape index (κ1) is 18.1. The summed E-state index contributed by atoms with van der Waals surface area (Å²) in [6.45, 7) is 16.1. The summed E-state index contributed by atoms with van der Waals surface area (Å²) < 4.78 is 7.53. The number of allylic oxidation sites excluding steroid dienone is 1. The van der Waals surface area contributed by atoms with E-state index in [0.29, 0.717) is 5.04 Å². The molecule has 0 saturated heterocycles. The van der Waals surface area contributed by atoms with Crippen LogP contribution in [0.15, 0.2) is 19.8 Å². The molecule has 0 saturated carbocycles. The maximum absolute atomic E-state index is 6.18. The van der Waals surface area contributed by atoms with Crippen molar-refractivity contribution < 1.29 is 4.43 Å². The molecule has 0 aromatic heterocycles. The van der Waals surface area contributed by atoms with Crippen molar-refractivity contribution in [2.75, 3.05) is 6.61 Å². The van der Waals surface area contributed by atoms with Gasteiger partial charge in [0.25, 0.3) is 0 Å². The molecule has 0 unspecified atom stereocenters. The van der Waals surface area contributed by atoms with Crippen LogP contribution in [0.4, 0.5) is 0 Å². The van der Waals surface area contributed by atoms with Gasteiger partial charge in [-0.1, -0.05) is 26.8 Å². The van der Waals surface area contributed by atoms with Gasteiger partial charge in [0.2, 0.25) is 0 Å². The molecule has 0 atom stereocenters. The molecular formula is C13H24I2OSi. The predicted molar refractivity (Wildman–Crippen MR) is 97.6 cm³/mol. The second kappa shape index (κ2) is 7.64. The molecule has 0 aliphatic rings. The first-order valence-electron chi connectivity index (χ1n) is 5.89. The molecule has 0 spiro atoms. The first-order chi connectivity index (χ1) is 7.62. The van der Waals surface area contributed by atoms with Gasteiger partial charge < -0.3 is 4.43 Å². The van der Waals surface area contributed by atoms with E-state index >= 15 is 0 Å². The topological polar surface area (TPSA) is 9.23 Å². The van der Waals surface area contributed by atoms with Crippen LogP contribution in [0.5, 0.6) is 0 Å². The highest BCUT2D eigenvalue weighted by Gasteiger charge is 2.36. The Bertz CT molecular complexity index is 286. The van der Waals surface area contributed by atoms with E-state index in [9.17, 15) is 0 Å². The van der Waals surface area contributed by atoms with Crippen molar-refractivity contribution in [3.63, 3.8) is 0 Å². The molecule has 1 nitrogen and oxygen atoms in total. The number of hydrogen-bond acceptors (Lipinski definition) is 1. The standard InChI is InChI=1S/C13H24I2OSi/c1-7-8-11(12(14)15)9-10-16-17(5,6)13(2,3)4/h7H,1,8-10H2,2-6H3. The summed E-state index contributed by atoms with van der Waals surface area (Å²) in [4.78, 5) is 0. The average Bonchev–Trinajstić information content (AvgIpc) is 2.14. The normalized spacial score (nSPS) is 12.4. The quantitative estimate of drug-likeness (QED) is 0.257. The highest BCUT2D eigenvalue weighted by molar-refractivity contribution is 14.2. The van der Waals surface area contributed by atoms with Gasteiger partial charge in [0.05, 0.1) is 1.59 Å². The van der Waals surface area contributed by atoms with Crippen LogP contribution >= 0.6 is 45.2 Å². The van der Waals surface area contributed by atoms with E-state index in [4.69, 9.17) is 4.43 Å². The van der Waals surface area contributed by atoms with E-state index in [2.05, 4.69) is 85.6 Å². The van der Waals surface area contributed by atoms with Crippen molar-refractivity contribution in [1.82, 2.24) is 0 Å². The molecule has 17 heavy (non-hydrogen) atoms. The van der Waals surface area contributed by atoms with Crippen LogP contribution in [-0.4, -0.2) is 14.9 Å². The van der Waals surface area contributed by atoms with E-state index in [-0.39, 0.29) is 0 Å². The van der Waals surface area contributed by atoms with Crippen molar-refractivity contribution in [3.8, 4) is 0 Å². The fourth-order valence-corrected chi connectivity index (χ4v) is 3.12. The SMILES string of the molecule is C=CCC(CCO[Si](C)(C)C(C)(C)C)=C(I)I. The molecule has 0 aliphatic heterocycles. The fourth-order valence-electron chi connectivity index (χ4n) is 1.09. The summed E-state index contributed by atoms with van der Waals surface area (Å²) in [5.74, 6) is 0. The van der Waals surface area contributed by atoms with Crippen LogP contribution < -0.4 is 0 Å². The van der Waals surface area contributed by atoms with Gasteiger partial charge in [-0.2, -0.15) is 0 Å². The zero-order chi connectivity index (χ0) is 13.7. The molecule has 0 N–H and O–H groups in total. The number of rotatable bonds is 6. The molecule has 0 bridgehead atoms. The lowest BCUT2D eigenvalue weighted by Gasteiger charge is -2.36. The molecule has 0 rings (SSSR count). The van der Waals surface area contributed by atoms with E-state index in [0.717, 1.165) is 19.4 Å². The van der Waals surface area contributed by atoms with Crippen molar-refractivity contribution in [3.05, 3.63) is 19.8 Å². The molecule has 0 aliphatic carbocycles. The van der Waals surface area contributed by atoms with Crippen LogP contribution in [0, 0.1) is 0 Å². The van der Waals surface area contributed by atoms with Gasteiger partial charge in [-0.15, -0.1) is 6.58 Å². The second-order valence-corrected chi connectivity index (χ2v) is 14.7. The van der Waals surface area contributed by atoms with Gasteiger partial charge in [-0.05, 0) is 81.7 Å². The maximum atomic E-state index is 6.18. The molecule has 0 aromatic rings. The molecule has 100 valence electrons. The average molecular weight is 478 g/mol. The number of halogens is 2. The first-order valence-corrected chi connectivity index (χ1v) is 11.0. The van der Waals surface area contributed by atoms with Crippen LogP contribution in [0.1, 0.15) is 33.6 Å². The van der Waals surface area contributed by atoms with Crippen molar-refractivity contribution in [2.24, 2.45) is 0 Å². The van der Waals surface area contributed by atoms with E-state index < -0.39 is 8.32 Å². The Hall–Kier alpha value is 1.12. The van der Waals surface area contributed by atoms with E-state index in [1.807, 2.05) is 6.08 Å². The van der Waals surface area contributed by atoms with Crippen LogP contribution in [-0.2, 0) is 4.43 Å². The zero-order valence-corrected chi connectivity index (χ0v) is 16.9. The predicted octanol–water partition coefficient (Wildman–Crippen LogP) is 6.06. The molecule has 0 radical (unpaired) electrons. The lowest BCUT2D eigenvalue weighted by atomic mass is 10.1. The lowest BCUT2D eigenvalue weighted by molar-refractivity contribution is 0.291. The number of hydrogen-bond donors (Lipinski definition) is 0. The Morgan fingerprint density at radius 1 is 1.29 bits per heavy atom. The summed E-state index contributed by atoms with van der Waals surface area (Å²) in [6.07, 6.45) is 3.97. The van der Waals surface area contributed by atoms with Gasteiger partial charge >= 0.3 is 0 Å². The summed E-state index contributed by atoms with van der Waals surface area (Å²) in [6, 6.07) is 0. The van der Waals surface area contributed by atoms with Gasteiger partial charge in [0, 0.05) is 6.61 Å². The van der Waals surface area contributed by atoms with E-state index in [1.165, 1.54) is 7.16 Å². The second-order valence-electron chi connectivity index (χ2n) is 5.72. The largest absolute Gasteiger partial charge is 0.417 e. The Balaban J connectivity index is 4.32. The molecular weight excluding hydrogens is 454 g/mol. The highest BCUT2D eigenvalue weighted by Crippen LogP contribution is 2.37. The van der Waals surface area contributed by atoms with Crippen molar-refractivity contribution in [1.29, 1.82) is 0 Å².